The summed E-state index contributed by atoms with van der Waals surface area (Å²) in [6.45, 7) is 1.47. The summed E-state index contributed by atoms with van der Waals surface area (Å²) in [5.41, 5.74) is 1.62. The maximum absolute atomic E-state index is 11.7. The highest BCUT2D eigenvalue weighted by molar-refractivity contribution is 7.12. The molecule has 3 rings (SSSR count). The number of thiophene rings is 1. The number of benzene rings is 1. The molecule has 0 fully saturated rings. The molecule has 3 aromatic rings. The number of hydrogen-bond donors (Lipinski definition) is 2. The zero-order chi connectivity index (χ0) is 16.9. The normalized spacial score (nSPS) is 12.1. The topological polar surface area (TPSA) is 99.4 Å². The minimum absolute atomic E-state index is 0.139. The number of aromatic hydroxyl groups is 1. The first kappa shape index (κ1) is 15.9. The Labute approximate surface area is 141 Å². The molecule has 1 amide bonds. The zero-order valence-electron chi connectivity index (χ0n) is 12.8. The quantitative estimate of drug-likeness (QED) is 0.416. The van der Waals surface area contributed by atoms with Crippen LogP contribution in [0.4, 0.5) is 5.69 Å². The highest BCUT2D eigenvalue weighted by Gasteiger charge is 2.10. The van der Waals surface area contributed by atoms with Gasteiger partial charge in [0.2, 0.25) is 5.88 Å². The molecule has 0 radical (unpaired) electrons. The van der Waals surface area contributed by atoms with Gasteiger partial charge in [-0.15, -0.1) is 21.6 Å². The van der Waals surface area contributed by atoms with E-state index in [-0.39, 0.29) is 18.2 Å². The Kier molecular flexibility index (Phi) is 4.66. The van der Waals surface area contributed by atoms with Gasteiger partial charge in [-0.25, -0.2) is 0 Å². The largest absolute Gasteiger partial charge is 0.493 e. The van der Waals surface area contributed by atoms with Gasteiger partial charge in [-0.05, 0) is 24.4 Å². The molecule has 0 unspecified atom stereocenters. The van der Waals surface area contributed by atoms with Crippen LogP contribution in [0.15, 0.2) is 57.2 Å². The summed E-state index contributed by atoms with van der Waals surface area (Å²) in [4.78, 5) is 20.4. The van der Waals surface area contributed by atoms with Crippen molar-refractivity contribution in [1.29, 1.82) is 0 Å². The van der Waals surface area contributed by atoms with Crippen molar-refractivity contribution in [2.24, 2.45) is 15.4 Å². The summed E-state index contributed by atoms with van der Waals surface area (Å²) in [6, 6.07) is 11.0. The molecule has 2 N–H and O–H groups in total. The predicted molar refractivity (Wildman–Crippen MR) is 92.0 cm³/mol. The second-order valence-electron chi connectivity index (χ2n) is 4.89. The predicted octanol–water partition coefficient (Wildman–Crippen LogP) is 3.99. The molecule has 7 nitrogen and oxygen atoms in total. The molecule has 0 aliphatic rings. The fourth-order valence-electron chi connectivity index (χ4n) is 2.06. The van der Waals surface area contributed by atoms with Gasteiger partial charge in [0.05, 0.1) is 16.1 Å². The number of hydrogen-bond acceptors (Lipinski definition) is 6. The number of rotatable bonds is 5. The Bertz CT molecular complexity index is 913. The lowest BCUT2D eigenvalue weighted by Crippen LogP contribution is -2.03. The maximum atomic E-state index is 11.7. The Hall–Kier alpha value is -3.00. The van der Waals surface area contributed by atoms with E-state index in [0.29, 0.717) is 16.6 Å². The zero-order valence-corrected chi connectivity index (χ0v) is 13.6. The van der Waals surface area contributed by atoms with Gasteiger partial charge in [0.1, 0.15) is 0 Å². The fraction of sp³-hybridized carbons (Fsp3) is 0.125. The number of nitrogens with one attached hydrogen (secondary N) is 1. The summed E-state index contributed by atoms with van der Waals surface area (Å²) in [7, 11) is 0. The number of carbonyl (C=O) groups is 1. The third-order valence-electron chi connectivity index (χ3n) is 3.19. The Balaban J connectivity index is 1.63. The molecule has 1 aromatic carbocycles. The summed E-state index contributed by atoms with van der Waals surface area (Å²) >= 11 is 1.53. The van der Waals surface area contributed by atoms with E-state index in [9.17, 15) is 9.90 Å². The number of aromatic amines is 1. The lowest BCUT2D eigenvalue weighted by molar-refractivity contribution is -0.122. The standard InChI is InChI=1S/C16H14N4O3S/c1-10(13-7-4-8-24-13)20-23-9-14(21)18-19-15-11-5-2-3-6-12(11)17-16(15)22/h2-8,17,22H,9H2,1H3. The SMILES string of the molecule is CC(=NOCC(=O)N=Nc1c(O)[nH]c2ccccc12)c1cccs1. The number of aromatic nitrogens is 1. The van der Waals surface area contributed by atoms with Gasteiger partial charge < -0.3 is 14.9 Å². The average Bonchev–Trinajstić information content (AvgIpc) is 3.20. The summed E-state index contributed by atoms with van der Waals surface area (Å²) in [5.74, 6) is -0.734. The second-order valence-corrected chi connectivity index (χ2v) is 5.84. The van der Waals surface area contributed by atoms with E-state index >= 15 is 0 Å². The molecule has 122 valence electrons. The molecule has 24 heavy (non-hydrogen) atoms. The molecule has 2 aromatic heterocycles. The van der Waals surface area contributed by atoms with Crippen LogP contribution in [0.3, 0.4) is 0 Å². The van der Waals surface area contributed by atoms with Crippen LogP contribution in [0.25, 0.3) is 10.9 Å². The molecule has 2 heterocycles. The number of oxime groups is 1. The summed E-state index contributed by atoms with van der Waals surface area (Å²) in [6.07, 6.45) is 0. The lowest BCUT2D eigenvalue weighted by Gasteiger charge is -1.97. The van der Waals surface area contributed by atoms with Crippen molar-refractivity contribution in [2.75, 3.05) is 6.61 Å². The minimum atomic E-state index is -0.595. The van der Waals surface area contributed by atoms with Gasteiger partial charge in [0.25, 0.3) is 0 Å². The molecule has 0 aliphatic heterocycles. The van der Waals surface area contributed by atoms with Gasteiger partial charge >= 0.3 is 5.91 Å². The highest BCUT2D eigenvalue weighted by atomic mass is 32.1. The highest BCUT2D eigenvalue weighted by Crippen LogP contribution is 2.35. The number of amides is 1. The monoisotopic (exact) mass is 342 g/mol. The van der Waals surface area contributed by atoms with E-state index in [0.717, 1.165) is 4.88 Å². The van der Waals surface area contributed by atoms with E-state index in [1.54, 1.807) is 19.1 Å². The number of para-hydroxylation sites is 1. The molecular formula is C16H14N4O3S. The van der Waals surface area contributed by atoms with Crippen LogP contribution in [0, 0.1) is 0 Å². The molecule has 8 heteroatoms. The van der Waals surface area contributed by atoms with Crippen LogP contribution in [-0.2, 0) is 9.63 Å². The number of nitrogens with zero attached hydrogens (tertiary/aromatic N) is 3. The van der Waals surface area contributed by atoms with Crippen molar-refractivity contribution in [2.45, 2.75) is 6.92 Å². The van der Waals surface area contributed by atoms with Crippen molar-refractivity contribution in [3.05, 3.63) is 46.7 Å². The van der Waals surface area contributed by atoms with Crippen LogP contribution in [0.2, 0.25) is 0 Å². The minimum Gasteiger partial charge on any atom is -0.493 e. The van der Waals surface area contributed by atoms with Crippen molar-refractivity contribution in [3.63, 3.8) is 0 Å². The summed E-state index contributed by atoms with van der Waals surface area (Å²) < 4.78 is 0. The van der Waals surface area contributed by atoms with Crippen LogP contribution >= 0.6 is 11.3 Å². The molecule has 0 saturated heterocycles. The number of H-pyrrole nitrogens is 1. The van der Waals surface area contributed by atoms with Crippen LogP contribution in [0.5, 0.6) is 5.88 Å². The van der Waals surface area contributed by atoms with Crippen molar-refractivity contribution in [1.82, 2.24) is 4.98 Å². The third-order valence-corrected chi connectivity index (χ3v) is 4.17. The number of fused-ring (bicyclic) bond motifs is 1. The summed E-state index contributed by atoms with van der Waals surface area (Å²) in [5, 5.41) is 23.7. The molecule has 0 aliphatic carbocycles. The van der Waals surface area contributed by atoms with Crippen LogP contribution in [-0.4, -0.2) is 28.3 Å². The second kappa shape index (κ2) is 7.05. The van der Waals surface area contributed by atoms with Gasteiger partial charge in [-0.1, -0.05) is 29.4 Å². The van der Waals surface area contributed by atoms with E-state index in [1.165, 1.54) is 11.3 Å². The van der Waals surface area contributed by atoms with E-state index in [2.05, 4.69) is 20.4 Å². The molecule has 0 saturated carbocycles. The first-order valence-corrected chi connectivity index (χ1v) is 7.98. The van der Waals surface area contributed by atoms with Gasteiger partial charge in [0, 0.05) is 5.39 Å². The Morgan fingerprint density at radius 1 is 1.29 bits per heavy atom. The van der Waals surface area contributed by atoms with Gasteiger partial charge in [-0.3, -0.25) is 4.79 Å². The van der Waals surface area contributed by atoms with Crippen LogP contribution < -0.4 is 0 Å². The van der Waals surface area contributed by atoms with Gasteiger partial charge in [0.15, 0.2) is 12.3 Å². The maximum Gasteiger partial charge on any atom is 0.304 e. The molecule has 0 atom stereocenters. The lowest BCUT2D eigenvalue weighted by atomic mass is 10.2. The number of azo groups is 1. The smallest absolute Gasteiger partial charge is 0.304 e. The third kappa shape index (κ3) is 3.49. The first-order chi connectivity index (χ1) is 11.6. The molecule has 0 spiro atoms. The molecular weight excluding hydrogens is 328 g/mol. The van der Waals surface area contributed by atoms with E-state index in [1.807, 2.05) is 29.6 Å². The van der Waals surface area contributed by atoms with E-state index in [4.69, 9.17) is 4.84 Å². The average molecular weight is 342 g/mol. The van der Waals surface area contributed by atoms with Crippen LogP contribution in [0.1, 0.15) is 11.8 Å². The van der Waals surface area contributed by atoms with Gasteiger partial charge in [-0.2, -0.15) is 0 Å². The van der Waals surface area contributed by atoms with Crippen molar-refractivity contribution < 1.29 is 14.7 Å². The van der Waals surface area contributed by atoms with Crippen molar-refractivity contribution in [3.8, 4) is 5.88 Å². The first-order valence-electron chi connectivity index (χ1n) is 7.10. The fourth-order valence-corrected chi connectivity index (χ4v) is 2.73. The molecule has 0 bridgehead atoms. The Morgan fingerprint density at radius 2 is 2.12 bits per heavy atom. The Morgan fingerprint density at radius 3 is 2.92 bits per heavy atom. The number of carbonyl (C=O) groups excluding carboxylic acids is 1. The van der Waals surface area contributed by atoms with Crippen molar-refractivity contribution >= 4 is 39.5 Å². The van der Waals surface area contributed by atoms with E-state index < -0.39 is 5.91 Å².